The van der Waals surface area contributed by atoms with Crippen LogP contribution < -0.4 is 8.92 Å². The van der Waals surface area contributed by atoms with E-state index in [0.29, 0.717) is 23.0 Å². The summed E-state index contributed by atoms with van der Waals surface area (Å²) in [7, 11) is -5.90. The van der Waals surface area contributed by atoms with Crippen molar-refractivity contribution in [3.8, 4) is 17.2 Å². The molecule has 1 aromatic heterocycles. The van der Waals surface area contributed by atoms with Crippen LogP contribution in [-0.2, 0) is 21.1 Å². The lowest BCUT2D eigenvalue weighted by Gasteiger charge is -2.14. The van der Waals surface area contributed by atoms with Gasteiger partial charge < -0.3 is 14.0 Å². The first-order valence-electron chi connectivity index (χ1n) is 9.68. The SMILES string of the molecule is O=C(O)C(F)(F)S(=O)(=O)Oc1ccc(-n2nc3cc(OCC4CC4)ccc3c2C(F)(F)F)cc1. The van der Waals surface area contributed by atoms with Crippen molar-refractivity contribution in [2.75, 3.05) is 6.61 Å². The summed E-state index contributed by atoms with van der Waals surface area (Å²) in [6.07, 6.45) is -2.76. The fraction of sp³-hybridized carbons (Fsp3) is 0.300. The van der Waals surface area contributed by atoms with Crippen LogP contribution in [0.3, 0.4) is 0 Å². The average Bonchev–Trinajstić information content (AvgIpc) is 3.49. The Bertz CT molecular complexity index is 1350. The number of carboxylic acid groups (broad SMARTS) is 1. The minimum atomic E-state index is -5.90. The molecular formula is C20H15F5N2O6S. The van der Waals surface area contributed by atoms with Gasteiger partial charge in [-0.05, 0) is 55.2 Å². The Labute approximate surface area is 188 Å². The van der Waals surface area contributed by atoms with E-state index in [4.69, 9.17) is 9.84 Å². The van der Waals surface area contributed by atoms with Crippen molar-refractivity contribution in [2.24, 2.45) is 5.92 Å². The summed E-state index contributed by atoms with van der Waals surface area (Å²) in [5, 5.41) is 6.91. The maximum Gasteiger partial charge on any atom is 0.476 e. The highest BCUT2D eigenvalue weighted by molar-refractivity contribution is 7.89. The molecule has 0 bridgehead atoms. The molecule has 0 unspecified atom stereocenters. The second-order valence-electron chi connectivity index (χ2n) is 7.54. The van der Waals surface area contributed by atoms with E-state index in [-0.39, 0.29) is 16.6 Å². The zero-order valence-corrected chi connectivity index (χ0v) is 17.7. The monoisotopic (exact) mass is 506 g/mol. The summed E-state index contributed by atoms with van der Waals surface area (Å²) < 4.78 is 101. The van der Waals surface area contributed by atoms with Crippen LogP contribution >= 0.6 is 0 Å². The van der Waals surface area contributed by atoms with E-state index in [2.05, 4.69) is 9.28 Å². The van der Waals surface area contributed by atoms with Crippen LogP contribution in [0.5, 0.6) is 11.5 Å². The van der Waals surface area contributed by atoms with Crippen molar-refractivity contribution in [3.63, 3.8) is 0 Å². The molecule has 0 aliphatic heterocycles. The maximum absolute atomic E-state index is 13.8. The second-order valence-corrected chi connectivity index (χ2v) is 9.13. The summed E-state index contributed by atoms with van der Waals surface area (Å²) >= 11 is 0. The third-order valence-corrected chi connectivity index (χ3v) is 6.16. The number of fused-ring (bicyclic) bond motifs is 1. The number of carboxylic acids is 1. The smallest absolute Gasteiger partial charge is 0.476 e. The molecule has 8 nitrogen and oxygen atoms in total. The van der Waals surface area contributed by atoms with Crippen LogP contribution in [0.4, 0.5) is 22.0 Å². The van der Waals surface area contributed by atoms with Gasteiger partial charge in [0.1, 0.15) is 11.5 Å². The van der Waals surface area contributed by atoms with E-state index in [1.807, 2.05) is 0 Å². The zero-order chi connectivity index (χ0) is 24.9. The molecule has 3 aromatic rings. The Morgan fingerprint density at radius 1 is 1.06 bits per heavy atom. The van der Waals surface area contributed by atoms with E-state index in [0.717, 1.165) is 37.1 Å². The van der Waals surface area contributed by atoms with Gasteiger partial charge in [-0.15, -0.1) is 0 Å². The number of alkyl halides is 5. The molecule has 0 spiro atoms. The van der Waals surface area contributed by atoms with E-state index in [9.17, 15) is 35.2 Å². The first kappa shape index (κ1) is 23.7. The Kier molecular flexibility index (Phi) is 5.66. The van der Waals surface area contributed by atoms with Crippen LogP contribution in [-0.4, -0.2) is 41.1 Å². The Hall–Kier alpha value is -3.42. The highest BCUT2D eigenvalue weighted by Crippen LogP contribution is 2.38. The largest absolute Gasteiger partial charge is 0.493 e. The number of carbonyl (C=O) groups is 1. The second kappa shape index (κ2) is 8.11. The van der Waals surface area contributed by atoms with E-state index in [1.54, 1.807) is 0 Å². The van der Waals surface area contributed by atoms with E-state index < -0.39 is 39.0 Å². The van der Waals surface area contributed by atoms with Crippen LogP contribution in [0.1, 0.15) is 18.5 Å². The molecule has 1 saturated carbocycles. The number of hydrogen-bond donors (Lipinski definition) is 1. The molecule has 1 heterocycles. The molecule has 14 heteroatoms. The molecule has 1 N–H and O–H groups in total. The number of benzene rings is 2. The zero-order valence-electron chi connectivity index (χ0n) is 16.9. The average molecular weight is 506 g/mol. The maximum atomic E-state index is 13.8. The van der Waals surface area contributed by atoms with Crippen molar-refractivity contribution in [2.45, 2.75) is 24.3 Å². The molecule has 1 aliphatic rings. The molecule has 0 saturated heterocycles. The summed E-state index contributed by atoms with van der Waals surface area (Å²) in [5.74, 6) is -2.89. The normalized spacial score (nSPS) is 14.9. The van der Waals surface area contributed by atoms with Gasteiger partial charge >= 0.3 is 27.5 Å². The molecule has 0 atom stereocenters. The van der Waals surface area contributed by atoms with Gasteiger partial charge in [0.15, 0.2) is 5.69 Å². The molecule has 2 aromatic carbocycles. The lowest BCUT2D eigenvalue weighted by molar-refractivity contribution is -0.154. The molecule has 4 rings (SSSR count). The van der Waals surface area contributed by atoms with E-state index >= 15 is 0 Å². The Morgan fingerprint density at radius 3 is 2.24 bits per heavy atom. The van der Waals surface area contributed by atoms with Crippen LogP contribution in [0.25, 0.3) is 16.6 Å². The lowest BCUT2D eigenvalue weighted by Crippen LogP contribution is -2.40. The van der Waals surface area contributed by atoms with Crippen molar-refractivity contribution >= 4 is 27.0 Å². The summed E-state index contributed by atoms with van der Waals surface area (Å²) in [4.78, 5) is 10.5. The number of halogens is 5. The number of ether oxygens (including phenoxy) is 1. The third kappa shape index (κ3) is 4.49. The minimum absolute atomic E-state index is 0.00961. The molecule has 34 heavy (non-hydrogen) atoms. The van der Waals surface area contributed by atoms with Gasteiger partial charge in [-0.25, -0.2) is 9.48 Å². The van der Waals surface area contributed by atoms with Gasteiger partial charge in [-0.2, -0.15) is 35.5 Å². The van der Waals surface area contributed by atoms with Crippen LogP contribution in [0.15, 0.2) is 42.5 Å². The molecule has 1 fully saturated rings. The van der Waals surface area contributed by atoms with Gasteiger partial charge in [0.2, 0.25) is 0 Å². The highest BCUT2D eigenvalue weighted by Gasteiger charge is 2.55. The summed E-state index contributed by atoms with van der Waals surface area (Å²) in [5.41, 5.74) is -1.31. The minimum Gasteiger partial charge on any atom is -0.493 e. The molecule has 0 radical (unpaired) electrons. The number of aromatic nitrogens is 2. The van der Waals surface area contributed by atoms with Crippen molar-refractivity contribution in [3.05, 3.63) is 48.2 Å². The number of rotatable bonds is 8. The van der Waals surface area contributed by atoms with Gasteiger partial charge in [-0.1, -0.05) is 0 Å². The van der Waals surface area contributed by atoms with Crippen molar-refractivity contribution in [1.29, 1.82) is 0 Å². The Balaban J connectivity index is 1.67. The molecule has 1 aliphatic carbocycles. The summed E-state index contributed by atoms with van der Waals surface area (Å²) in [6, 6.07) is 7.48. The predicted molar refractivity (Wildman–Crippen MR) is 106 cm³/mol. The third-order valence-electron chi connectivity index (χ3n) is 4.95. The topological polar surface area (TPSA) is 108 Å². The Morgan fingerprint density at radius 2 is 1.68 bits per heavy atom. The lowest BCUT2D eigenvalue weighted by atomic mass is 10.2. The van der Waals surface area contributed by atoms with Gasteiger partial charge in [0.25, 0.3) is 0 Å². The van der Waals surface area contributed by atoms with E-state index in [1.165, 1.54) is 18.2 Å². The quantitative estimate of drug-likeness (QED) is 0.360. The summed E-state index contributed by atoms with van der Waals surface area (Å²) in [6.45, 7) is 0.448. The molecule has 182 valence electrons. The van der Waals surface area contributed by atoms with Crippen LogP contribution in [0, 0.1) is 5.92 Å². The van der Waals surface area contributed by atoms with Crippen LogP contribution in [0.2, 0.25) is 0 Å². The predicted octanol–water partition coefficient (Wildman–Crippen LogP) is 4.22. The first-order chi connectivity index (χ1) is 15.8. The van der Waals surface area contributed by atoms with Crippen molar-refractivity contribution < 1.29 is 49.2 Å². The fourth-order valence-corrected chi connectivity index (χ4v) is 3.73. The molecule has 0 amide bonds. The number of aliphatic carboxylic acids is 1. The van der Waals surface area contributed by atoms with Crippen molar-refractivity contribution in [1.82, 2.24) is 9.78 Å². The standard InChI is InChI=1S/C20H15F5N2O6S/c21-19(22,23)17-15-8-7-14(32-10-11-1-2-11)9-16(15)26-27(17)12-3-5-13(6-4-12)33-34(30,31)20(24,25)18(28)29/h3-9,11H,1-2,10H2,(H,28,29). The number of nitrogens with zero attached hydrogens (tertiary/aromatic N) is 2. The highest BCUT2D eigenvalue weighted by atomic mass is 32.2. The fourth-order valence-electron chi connectivity index (χ4n) is 3.04. The number of hydrogen-bond acceptors (Lipinski definition) is 6. The van der Waals surface area contributed by atoms with Gasteiger partial charge in [0, 0.05) is 11.5 Å². The first-order valence-corrected chi connectivity index (χ1v) is 11.1. The molecular weight excluding hydrogens is 491 g/mol. The van der Waals surface area contributed by atoms with Gasteiger partial charge in [-0.3, -0.25) is 0 Å². The van der Waals surface area contributed by atoms with Gasteiger partial charge in [0.05, 0.1) is 17.8 Å².